The van der Waals surface area contributed by atoms with Gasteiger partial charge < -0.3 is 5.11 Å². The third-order valence-electron chi connectivity index (χ3n) is 2.43. The highest BCUT2D eigenvalue weighted by molar-refractivity contribution is 5.84. The first-order chi connectivity index (χ1) is 6.43. The highest BCUT2D eigenvalue weighted by atomic mass is 16.3. The van der Waals surface area contributed by atoms with Gasteiger partial charge in [0.05, 0.1) is 11.5 Å². The van der Waals surface area contributed by atoms with Crippen LogP contribution in [0.2, 0.25) is 0 Å². The fourth-order valence-corrected chi connectivity index (χ4v) is 1.69. The Bertz CT molecular complexity index is 272. The molecule has 0 saturated heterocycles. The van der Waals surface area contributed by atoms with Gasteiger partial charge in [-0.05, 0) is 12.8 Å². The summed E-state index contributed by atoms with van der Waals surface area (Å²) in [5.74, 6) is 0.0816. The average molecular weight is 194 g/mol. The summed E-state index contributed by atoms with van der Waals surface area (Å²) < 4.78 is 0. The van der Waals surface area contributed by atoms with Crippen molar-refractivity contribution < 1.29 is 9.90 Å². The molecule has 2 unspecified atom stereocenters. The molecule has 2 atom stereocenters. The van der Waals surface area contributed by atoms with Crippen molar-refractivity contribution in [3.8, 4) is 0 Å². The fraction of sp³-hybridized carbons (Fsp3) is 0.583. The maximum atomic E-state index is 11.8. The molecule has 0 saturated carbocycles. The summed E-state index contributed by atoms with van der Waals surface area (Å²) in [5, 5.41) is 9.96. The first-order valence-electron chi connectivity index (χ1n) is 5.04. The number of aliphatic hydroxyl groups is 1. The van der Waals surface area contributed by atoms with Gasteiger partial charge in [0.2, 0.25) is 0 Å². The van der Waals surface area contributed by atoms with E-state index in [1.165, 1.54) is 0 Å². The Hall–Kier alpha value is -0.890. The minimum absolute atomic E-state index is 0.116. The van der Waals surface area contributed by atoms with Gasteiger partial charge in [-0.25, -0.2) is 0 Å². The van der Waals surface area contributed by atoms with E-state index in [-0.39, 0.29) is 11.7 Å². The summed E-state index contributed by atoms with van der Waals surface area (Å²) in [4.78, 5) is 11.8. The molecule has 1 aliphatic rings. The van der Waals surface area contributed by atoms with Crippen molar-refractivity contribution in [3.63, 3.8) is 0 Å². The maximum absolute atomic E-state index is 11.8. The predicted molar refractivity (Wildman–Crippen MR) is 56.9 cm³/mol. The van der Waals surface area contributed by atoms with Gasteiger partial charge in [0.15, 0.2) is 0 Å². The Labute approximate surface area is 85.3 Å². The minimum Gasteiger partial charge on any atom is -0.385 e. The Kier molecular flexibility index (Phi) is 3.27. The molecule has 1 N–H and O–H groups in total. The lowest BCUT2D eigenvalue weighted by Gasteiger charge is -2.29. The third kappa shape index (κ3) is 2.55. The van der Waals surface area contributed by atoms with Gasteiger partial charge in [0, 0.05) is 6.42 Å². The van der Waals surface area contributed by atoms with E-state index in [2.05, 4.69) is 0 Å². The summed E-state index contributed by atoms with van der Waals surface area (Å²) in [7, 11) is 0. The molecule has 0 aromatic heterocycles. The Balaban J connectivity index is 2.72. The zero-order valence-electron chi connectivity index (χ0n) is 9.03. The van der Waals surface area contributed by atoms with Crippen LogP contribution in [0.5, 0.6) is 0 Å². The highest BCUT2D eigenvalue weighted by Gasteiger charge is 2.34. The van der Waals surface area contributed by atoms with Crippen molar-refractivity contribution in [2.24, 2.45) is 11.8 Å². The predicted octanol–water partition coefficient (Wildman–Crippen LogP) is 2.09. The van der Waals surface area contributed by atoms with Crippen LogP contribution in [-0.2, 0) is 4.79 Å². The molecule has 0 radical (unpaired) electrons. The van der Waals surface area contributed by atoms with Crippen LogP contribution < -0.4 is 0 Å². The first-order valence-corrected chi connectivity index (χ1v) is 5.04. The smallest absolute Gasteiger partial charge is 0.143 e. The van der Waals surface area contributed by atoms with Gasteiger partial charge >= 0.3 is 0 Å². The molecule has 1 aliphatic carbocycles. The number of ketones is 1. The molecular weight excluding hydrogens is 176 g/mol. The molecule has 0 bridgehead atoms. The highest BCUT2D eigenvalue weighted by Crippen LogP contribution is 2.26. The van der Waals surface area contributed by atoms with E-state index in [0.717, 1.165) is 0 Å². The second kappa shape index (κ2) is 4.09. The molecule has 0 spiro atoms. The van der Waals surface area contributed by atoms with E-state index in [0.29, 0.717) is 12.3 Å². The van der Waals surface area contributed by atoms with Crippen LogP contribution in [-0.4, -0.2) is 16.5 Å². The SMILES string of the molecule is CC(C)CC(=O)C1C=CC=CC1(C)O. The number of rotatable bonds is 3. The lowest BCUT2D eigenvalue weighted by atomic mass is 9.80. The number of hydrogen-bond donors (Lipinski definition) is 1. The van der Waals surface area contributed by atoms with Crippen LogP contribution in [0.15, 0.2) is 24.3 Å². The Morgan fingerprint density at radius 2 is 2.14 bits per heavy atom. The van der Waals surface area contributed by atoms with E-state index >= 15 is 0 Å². The molecule has 0 aromatic rings. The van der Waals surface area contributed by atoms with Gasteiger partial charge in [0.25, 0.3) is 0 Å². The lowest BCUT2D eigenvalue weighted by molar-refractivity contribution is -0.127. The maximum Gasteiger partial charge on any atom is 0.143 e. The van der Waals surface area contributed by atoms with Crippen molar-refractivity contribution in [1.29, 1.82) is 0 Å². The van der Waals surface area contributed by atoms with Crippen LogP contribution in [0.3, 0.4) is 0 Å². The summed E-state index contributed by atoms with van der Waals surface area (Å²) >= 11 is 0. The van der Waals surface area contributed by atoms with E-state index < -0.39 is 5.60 Å². The van der Waals surface area contributed by atoms with Gasteiger partial charge in [-0.1, -0.05) is 38.2 Å². The summed E-state index contributed by atoms with van der Waals surface area (Å²) in [6, 6.07) is 0. The second-order valence-electron chi connectivity index (χ2n) is 4.51. The molecule has 0 aliphatic heterocycles. The van der Waals surface area contributed by atoms with Crippen molar-refractivity contribution in [2.45, 2.75) is 32.8 Å². The van der Waals surface area contributed by atoms with Gasteiger partial charge in [-0.2, -0.15) is 0 Å². The summed E-state index contributed by atoms with van der Waals surface area (Å²) in [6.07, 6.45) is 7.58. The number of carbonyl (C=O) groups is 1. The van der Waals surface area contributed by atoms with Crippen LogP contribution in [0.4, 0.5) is 0 Å². The molecule has 14 heavy (non-hydrogen) atoms. The molecule has 2 nitrogen and oxygen atoms in total. The molecular formula is C12H18O2. The molecule has 0 amide bonds. The summed E-state index contributed by atoms with van der Waals surface area (Å²) in [6.45, 7) is 5.69. The van der Waals surface area contributed by atoms with Crippen molar-refractivity contribution in [2.75, 3.05) is 0 Å². The normalized spacial score (nSPS) is 31.1. The fourth-order valence-electron chi connectivity index (χ4n) is 1.69. The number of hydrogen-bond acceptors (Lipinski definition) is 2. The number of carbonyl (C=O) groups excluding carboxylic acids is 1. The molecule has 2 heteroatoms. The van der Waals surface area contributed by atoms with Crippen LogP contribution >= 0.6 is 0 Å². The zero-order chi connectivity index (χ0) is 10.8. The molecule has 78 valence electrons. The molecule has 0 heterocycles. The molecule has 0 fully saturated rings. The van der Waals surface area contributed by atoms with Crippen LogP contribution in [0, 0.1) is 11.8 Å². The second-order valence-corrected chi connectivity index (χ2v) is 4.51. The van der Waals surface area contributed by atoms with Gasteiger partial charge in [-0.3, -0.25) is 4.79 Å². The Morgan fingerprint density at radius 3 is 2.64 bits per heavy atom. The van der Waals surface area contributed by atoms with Gasteiger partial charge in [0.1, 0.15) is 5.78 Å². The Morgan fingerprint density at radius 1 is 1.50 bits per heavy atom. The average Bonchev–Trinajstić information content (AvgIpc) is 2.01. The van der Waals surface area contributed by atoms with Crippen molar-refractivity contribution in [3.05, 3.63) is 24.3 Å². The van der Waals surface area contributed by atoms with E-state index in [1.807, 2.05) is 19.9 Å². The third-order valence-corrected chi connectivity index (χ3v) is 2.43. The van der Waals surface area contributed by atoms with Gasteiger partial charge in [-0.15, -0.1) is 0 Å². The largest absolute Gasteiger partial charge is 0.385 e. The number of Topliss-reactive ketones (excluding diaryl/α,β-unsaturated/α-hetero) is 1. The number of allylic oxidation sites excluding steroid dienone is 2. The molecule has 0 aromatic carbocycles. The van der Waals surface area contributed by atoms with Crippen molar-refractivity contribution >= 4 is 5.78 Å². The van der Waals surface area contributed by atoms with E-state index in [9.17, 15) is 9.90 Å². The zero-order valence-corrected chi connectivity index (χ0v) is 9.03. The first kappa shape index (κ1) is 11.2. The minimum atomic E-state index is -1.01. The standard InChI is InChI=1S/C12H18O2/c1-9(2)8-11(13)10-6-4-5-7-12(10,3)14/h4-7,9-10,14H,8H2,1-3H3. The van der Waals surface area contributed by atoms with Crippen LogP contribution in [0.1, 0.15) is 27.2 Å². The van der Waals surface area contributed by atoms with E-state index in [4.69, 9.17) is 0 Å². The molecule has 1 rings (SSSR count). The topological polar surface area (TPSA) is 37.3 Å². The monoisotopic (exact) mass is 194 g/mol. The van der Waals surface area contributed by atoms with Crippen LogP contribution in [0.25, 0.3) is 0 Å². The van der Waals surface area contributed by atoms with Crippen molar-refractivity contribution in [1.82, 2.24) is 0 Å². The lowest BCUT2D eigenvalue weighted by Crippen LogP contribution is -2.38. The quantitative estimate of drug-likeness (QED) is 0.747. The summed E-state index contributed by atoms with van der Waals surface area (Å²) in [5.41, 5.74) is -1.01. The van der Waals surface area contributed by atoms with E-state index in [1.54, 1.807) is 25.2 Å².